The van der Waals surface area contributed by atoms with Crippen molar-refractivity contribution in [1.82, 2.24) is 0 Å². The molecule has 0 heterocycles. The fraction of sp³-hybridized carbons (Fsp3) is 1.00. The van der Waals surface area contributed by atoms with Crippen LogP contribution in [0.25, 0.3) is 0 Å². The van der Waals surface area contributed by atoms with Crippen LogP contribution in [-0.2, 0) is 8.85 Å². The van der Waals surface area contributed by atoms with Crippen LogP contribution in [-0.4, -0.2) is 40.6 Å². The third kappa shape index (κ3) is 7.45. The van der Waals surface area contributed by atoms with Gasteiger partial charge in [0.05, 0.1) is 12.2 Å². The lowest BCUT2D eigenvalue weighted by atomic mass is 9.94. The molecule has 0 amide bonds. The topological polar surface area (TPSA) is 38.7 Å². The van der Waals surface area contributed by atoms with Gasteiger partial charge in [-0.25, -0.2) is 0 Å². The molecule has 5 heteroatoms. The number of aliphatic hydroxyl groups excluding tert-OH is 1. The standard InChI is InChI=1S/C20H46O3Si2/c1-13-17(21)16(2)18(23-25(11,12)20(6,7)8)14-15-22-24(9,10)19(3,4)5/h16-18,21H,13-15H2,1-12H3/t16-,17+,18+/m0/s1. The predicted molar refractivity (Wildman–Crippen MR) is 115 cm³/mol. The van der Waals surface area contributed by atoms with Crippen molar-refractivity contribution < 1.29 is 14.0 Å². The molecule has 0 unspecified atom stereocenters. The Morgan fingerprint density at radius 3 is 1.68 bits per heavy atom. The average molecular weight is 391 g/mol. The first kappa shape index (κ1) is 25.3. The molecule has 0 aromatic carbocycles. The van der Waals surface area contributed by atoms with Crippen molar-refractivity contribution in [1.29, 1.82) is 0 Å². The van der Waals surface area contributed by atoms with Gasteiger partial charge in [-0.1, -0.05) is 55.4 Å². The minimum atomic E-state index is -1.88. The summed E-state index contributed by atoms with van der Waals surface area (Å²) in [6, 6.07) is 0. The maximum Gasteiger partial charge on any atom is 0.192 e. The highest BCUT2D eigenvalue weighted by atomic mass is 28.4. The Hall–Kier alpha value is 0.314. The van der Waals surface area contributed by atoms with Gasteiger partial charge in [0.25, 0.3) is 0 Å². The molecule has 1 N–H and O–H groups in total. The highest BCUT2D eigenvalue weighted by Crippen LogP contribution is 2.40. The van der Waals surface area contributed by atoms with Crippen molar-refractivity contribution in [2.45, 2.75) is 117 Å². The van der Waals surface area contributed by atoms with E-state index in [1.807, 2.05) is 6.92 Å². The van der Waals surface area contributed by atoms with Gasteiger partial charge in [0, 0.05) is 12.5 Å². The molecule has 0 saturated carbocycles. The maximum atomic E-state index is 10.4. The van der Waals surface area contributed by atoms with E-state index < -0.39 is 16.6 Å². The van der Waals surface area contributed by atoms with Gasteiger partial charge in [-0.15, -0.1) is 0 Å². The van der Waals surface area contributed by atoms with Crippen LogP contribution in [0.3, 0.4) is 0 Å². The zero-order valence-corrected chi connectivity index (χ0v) is 21.1. The summed E-state index contributed by atoms with van der Waals surface area (Å²) in [5.41, 5.74) is 0. The Bertz CT molecular complexity index is 395. The first-order chi connectivity index (χ1) is 11.0. The molecule has 3 nitrogen and oxygen atoms in total. The van der Waals surface area contributed by atoms with Gasteiger partial charge < -0.3 is 14.0 Å². The summed E-state index contributed by atoms with van der Waals surface area (Å²) >= 11 is 0. The molecule has 0 rings (SSSR count). The third-order valence-electron chi connectivity index (χ3n) is 6.54. The Labute approximate surface area is 160 Å². The smallest absolute Gasteiger partial charge is 0.192 e. The first-order valence-corrected chi connectivity index (χ1v) is 15.8. The zero-order valence-electron chi connectivity index (χ0n) is 19.1. The zero-order chi connectivity index (χ0) is 20.3. The summed E-state index contributed by atoms with van der Waals surface area (Å²) in [7, 11) is -3.62. The number of hydrogen-bond acceptors (Lipinski definition) is 3. The van der Waals surface area contributed by atoms with E-state index in [0.717, 1.165) is 19.4 Å². The Morgan fingerprint density at radius 1 is 0.880 bits per heavy atom. The molecular weight excluding hydrogens is 344 g/mol. The summed E-state index contributed by atoms with van der Waals surface area (Å²) in [6.07, 6.45) is 1.36. The molecule has 0 bridgehead atoms. The van der Waals surface area contributed by atoms with Crippen LogP contribution in [0.5, 0.6) is 0 Å². The second-order valence-electron chi connectivity index (χ2n) is 10.6. The molecule has 0 aromatic rings. The van der Waals surface area contributed by atoms with Crippen LogP contribution < -0.4 is 0 Å². The van der Waals surface area contributed by atoms with Gasteiger partial charge in [-0.2, -0.15) is 0 Å². The van der Waals surface area contributed by atoms with Gasteiger partial charge in [-0.05, 0) is 49.1 Å². The highest BCUT2D eigenvalue weighted by molar-refractivity contribution is 6.74. The molecule has 3 atom stereocenters. The van der Waals surface area contributed by atoms with Crippen LogP contribution in [0.2, 0.25) is 36.3 Å². The quantitative estimate of drug-likeness (QED) is 0.477. The summed E-state index contributed by atoms with van der Waals surface area (Å²) < 4.78 is 13.1. The van der Waals surface area contributed by atoms with Crippen molar-refractivity contribution >= 4 is 16.6 Å². The highest BCUT2D eigenvalue weighted by Gasteiger charge is 2.41. The second kappa shape index (κ2) is 9.00. The number of hydrogen-bond donors (Lipinski definition) is 1. The van der Waals surface area contributed by atoms with Gasteiger partial charge >= 0.3 is 0 Å². The lowest BCUT2D eigenvalue weighted by molar-refractivity contribution is 0.0157. The predicted octanol–water partition coefficient (Wildman–Crippen LogP) is 6.20. The molecule has 0 aliphatic heterocycles. The fourth-order valence-corrected chi connectivity index (χ4v) is 4.75. The van der Waals surface area contributed by atoms with Crippen LogP contribution in [0.4, 0.5) is 0 Å². The lowest BCUT2D eigenvalue weighted by Gasteiger charge is -2.42. The largest absolute Gasteiger partial charge is 0.417 e. The van der Waals surface area contributed by atoms with Crippen molar-refractivity contribution in [3.05, 3.63) is 0 Å². The van der Waals surface area contributed by atoms with E-state index in [-0.39, 0.29) is 28.2 Å². The normalized spacial score (nSPS) is 18.1. The van der Waals surface area contributed by atoms with E-state index in [2.05, 4.69) is 74.7 Å². The molecule has 0 radical (unpaired) electrons. The van der Waals surface area contributed by atoms with E-state index >= 15 is 0 Å². The minimum Gasteiger partial charge on any atom is -0.417 e. The first-order valence-electron chi connectivity index (χ1n) is 9.96. The van der Waals surface area contributed by atoms with Gasteiger partial charge in [0.2, 0.25) is 0 Å². The molecule has 0 saturated heterocycles. The monoisotopic (exact) mass is 390 g/mol. The number of aliphatic hydroxyl groups is 1. The van der Waals surface area contributed by atoms with Gasteiger partial charge in [-0.3, -0.25) is 0 Å². The van der Waals surface area contributed by atoms with E-state index in [1.165, 1.54) is 0 Å². The summed E-state index contributed by atoms with van der Waals surface area (Å²) in [4.78, 5) is 0. The van der Waals surface area contributed by atoms with E-state index in [0.29, 0.717) is 0 Å². The van der Waals surface area contributed by atoms with Gasteiger partial charge in [0.1, 0.15) is 0 Å². The average Bonchev–Trinajstić information content (AvgIpc) is 2.41. The van der Waals surface area contributed by atoms with E-state index in [4.69, 9.17) is 8.85 Å². The van der Waals surface area contributed by atoms with Crippen LogP contribution in [0.15, 0.2) is 0 Å². The van der Waals surface area contributed by atoms with E-state index in [9.17, 15) is 5.11 Å². The Morgan fingerprint density at radius 2 is 1.32 bits per heavy atom. The Kier molecular flexibility index (Phi) is 9.12. The maximum absolute atomic E-state index is 10.4. The molecule has 0 aliphatic rings. The SMILES string of the molecule is CC[C@@H](O)[C@H](C)[C@@H](CCO[Si](C)(C)C(C)(C)C)O[Si](C)(C)C(C)(C)C. The van der Waals surface area contributed by atoms with Crippen molar-refractivity contribution in [3.63, 3.8) is 0 Å². The molecular formula is C20H46O3Si2. The van der Waals surface area contributed by atoms with Crippen molar-refractivity contribution in [2.24, 2.45) is 5.92 Å². The van der Waals surface area contributed by atoms with Crippen molar-refractivity contribution in [3.8, 4) is 0 Å². The van der Waals surface area contributed by atoms with Crippen LogP contribution >= 0.6 is 0 Å². The molecule has 0 aliphatic carbocycles. The molecule has 0 spiro atoms. The second-order valence-corrected chi connectivity index (χ2v) is 20.2. The van der Waals surface area contributed by atoms with Gasteiger partial charge in [0.15, 0.2) is 16.6 Å². The van der Waals surface area contributed by atoms with Crippen molar-refractivity contribution in [2.75, 3.05) is 6.61 Å². The lowest BCUT2D eigenvalue weighted by Crippen LogP contribution is -2.48. The summed E-state index contributed by atoms with van der Waals surface area (Å²) in [5, 5.41) is 10.8. The van der Waals surface area contributed by atoms with Crippen LogP contribution in [0.1, 0.15) is 68.2 Å². The molecule has 0 aromatic heterocycles. The molecule has 0 fully saturated rings. The third-order valence-corrected chi connectivity index (χ3v) is 15.6. The summed E-state index contributed by atoms with van der Waals surface area (Å²) in [6.45, 7) is 27.7. The minimum absolute atomic E-state index is 0.0561. The molecule has 152 valence electrons. The molecule has 25 heavy (non-hydrogen) atoms. The van der Waals surface area contributed by atoms with E-state index in [1.54, 1.807) is 0 Å². The van der Waals surface area contributed by atoms with Crippen LogP contribution in [0, 0.1) is 5.92 Å². The Balaban J connectivity index is 5.12. The summed E-state index contributed by atoms with van der Waals surface area (Å²) in [5.74, 6) is 0.127. The fourth-order valence-electron chi connectivity index (χ4n) is 2.25. The number of rotatable bonds is 9.